The molecule has 0 bridgehead atoms. The molecular formula is C21H22ClN. The van der Waals surface area contributed by atoms with Crippen LogP contribution in [0.4, 0.5) is 0 Å². The molecule has 0 saturated heterocycles. The molecule has 23 heavy (non-hydrogen) atoms. The quantitative estimate of drug-likeness (QED) is 0.516. The van der Waals surface area contributed by atoms with Gasteiger partial charge in [-0.25, -0.2) is 0 Å². The molecule has 3 rings (SSSR count). The highest BCUT2D eigenvalue weighted by atomic mass is 35.5. The summed E-state index contributed by atoms with van der Waals surface area (Å²) in [6.45, 7) is 8.65. The molecule has 0 aliphatic carbocycles. The summed E-state index contributed by atoms with van der Waals surface area (Å²) in [6, 6.07) is 17.0. The van der Waals surface area contributed by atoms with Crippen LogP contribution in [0.1, 0.15) is 36.5 Å². The molecule has 0 N–H and O–H groups in total. The second kappa shape index (κ2) is 6.25. The molecule has 2 aromatic carbocycles. The molecule has 2 heteroatoms. The van der Waals surface area contributed by atoms with E-state index in [9.17, 15) is 0 Å². The van der Waals surface area contributed by atoms with Crippen LogP contribution in [0.15, 0.2) is 54.7 Å². The molecule has 1 nitrogen and oxygen atoms in total. The number of nitrogens with zero attached hydrogens (tertiary/aromatic N) is 1. The molecule has 3 aromatic rings. The standard InChI is InChI=1S/C21H22ClN/c1-14(2)18-11-10-15(3)12-20(18)23-13-19(16(4)21(23)22)17-8-6-5-7-9-17/h5-14H,1-4H3. The molecule has 0 radical (unpaired) electrons. The van der Waals surface area contributed by atoms with Gasteiger partial charge in [0.05, 0.1) is 5.69 Å². The Labute approximate surface area is 143 Å². The molecule has 0 fully saturated rings. The van der Waals surface area contributed by atoms with Gasteiger partial charge in [-0.1, -0.05) is 67.9 Å². The molecule has 0 unspecified atom stereocenters. The normalized spacial score (nSPS) is 11.2. The van der Waals surface area contributed by atoms with Crippen molar-refractivity contribution in [2.24, 2.45) is 0 Å². The largest absolute Gasteiger partial charge is 0.306 e. The van der Waals surface area contributed by atoms with E-state index < -0.39 is 0 Å². The minimum absolute atomic E-state index is 0.449. The highest BCUT2D eigenvalue weighted by molar-refractivity contribution is 6.31. The van der Waals surface area contributed by atoms with Gasteiger partial charge in [0.2, 0.25) is 0 Å². The molecule has 0 spiro atoms. The van der Waals surface area contributed by atoms with Crippen molar-refractivity contribution in [3.8, 4) is 16.8 Å². The molecule has 0 atom stereocenters. The van der Waals surface area contributed by atoms with Crippen LogP contribution in [0.3, 0.4) is 0 Å². The zero-order valence-electron chi connectivity index (χ0n) is 14.1. The summed E-state index contributed by atoms with van der Waals surface area (Å²) in [4.78, 5) is 0. The Kier molecular flexibility index (Phi) is 4.32. The Hall–Kier alpha value is -1.99. The van der Waals surface area contributed by atoms with E-state index in [1.165, 1.54) is 27.9 Å². The Morgan fingerprint density at radius 1 is 0.957 bits per heavy atom. The highest BCUT2D eigenvalue weighted by Crippen LogP contribution is 2.35. The maximum atomic E-state index is 6.69. The maximum absolute atomic E-state index is 6.69. The van der Waals surface area contributed by atoms with E-state index in [-0.39, 0.29) is 0 Å². The average Bonchev–Trinajstić information content (AvgIpc) is 2.84. The third kappa shape index (κ3) is 2.94. The SMILES string of the molecule is Cc1ccc(C(C)C)c(-n2cc(-c3ccccc3)c(C)c2Cl)c1. The predicted molar refractivity (Wildman–Crippen MR) is 99.8 cm³/mol. The molecule has 1 heterocycles. The first-order chi connectivity index (χ1) is 11.0. The lowest BCUT2D eigenvalue weighted by molar-refractivity contribution is 0.846. The van der Waals surface area contributed by atoms with Crippen molar-refractivity contribution in [2.75, 3.05) is 0 Å². The van der Waals surface area contributed by atoms with Crippen LogP contribution in [0.2, 0.25) is 5.15 Å². The summed E-state index contributed by atoms with van der Waals surface area (Å²) < 4.78 is 2.13. The summed E-state index contributed by atoms with van der Waals surface area (Å²) in [5.74, 6) is 0.449. The van der Waals surface area contributed by atoms with E-state index >= 15 is 0 Å². The first-order valence-corrected chi connectivity index (χ1v) is 8.40. The number of aromatic nitrogens is 1. The Morgan fingerprint density at radius 2 is 1.65 bits per heavy atom. The summed E-state index contributed by atoms with van der Waals surface area (Å²) in [5.41, 5.74) is 7.24. The molecule has 0 amide bonds. The fourth-order valence-corrected chi connectivity index (χ4v) is 3.25. The number of benzene rings is 2. The minimum Gasteiger partial charge on any atom is -0.306 e. The van der Waals surface area contributed by atoms with Gasteiger partial charge in [-0.15, -0.1) is 0 Å². The van der Waals surface area contributed by atoms with Crippen LogP contribution in [-0.4, -0.2) is 4.57 Å². The summed E-state index contributed by atoms with van der Waals surface area (Å²) >= 11 is 6.69. The molecule has 0 aliphatic rings. The first kappa shape index (κ1) is 15.9. The van der Waals surface area contributed by atoms with Crippen LogP contribution in [-0.2, 0) is 0 Å². The molecule has 0 saturated carbocycles. The zero-order chi connectivity index (χ0) is 16.6. The maximum Gasteiger partial charge on any atom is 0.117 e. The van der Waals surface area contributed by atoms with Crippen LogP contribution >= 0.6 is 11.6 Å². The van der Waals surface area contributed by atoms with Gasteiger partial charge in [-0.05, 0) is 48.1 Å². The van der Waals surface area contributed by atoms with E-state index in [1.807, 2.05) is 6.07 Å². The lowest BCUT2D eigenvalue weighted by Crippen LogP contribution is -2.01. The predicted octanol–water partition coefficient (Wildman–Crippen LogP) is 6.54. The molecular weight excluding hydrogens is 302 g/mol. The third-order valence-electron chi connectivity index (χ3n) is 4.34. The van der Waals surface area contributed by atoms with Crippen molar-refractivity contribution in [1.29, 1.82) is 0 Å². The van der Waals surface area contributed by atoms with Crippen molar-refractivity contribution < 1.29 is 0 Å². The van der Waals surface area contributed by atoms with Gasteiger partial charge in [-0.2, -0.15) is 0 Å². The van der Waals surface area contributed by atoms with Gasteiger partial charge in [0, 0.05) is 11.8 Å². The second-order valence-corrected chi connectivity index (χ2v) is 6.77. The smallest absolute Gasteiger partial charge is 0.117 e. The van der Waals surface area contributed by atoms with Gasteiger partial charge in [0.25, 0.3) is 0 Å². The van der Waals surface area contributed by atoms with E-state index in [0.717, 1.165) is 10.7 Å². The Balaban J connectivity index is 2.21. The topological polar surface area (TPSA) is 4.93 Å². The fourth-order valence-electron chi connectivity index (χ4n) is 3.01. The lowest BCUT2D eigenvalue weighted by Gasteiger charge is -2.15. The van der Waals surface area contributed by atoms with Crippen molar-refractivity contribution in [3.63, 3.8) is 0 Å². The number of hydrogen-bond acceptors (Lipinski definition) is 0. The van der Waals surface area contributed by atoms with E-state index in [4.69, 9.17) is 11.6 Å². The number of aryl methyl sites for hydroxylation is 1. The zero-order valence-corrected chi connectivity index (χ0v) is 14.9. The summed E-state index contributed by atoms with van der Waals surface area (Å²) in [6.07, 6.45) is 2.16. The van der Waals surface area contributed by atoms with E-state index in [1.54, 1.807) is 0 Å². The number of hydrogen-bond donors (Lipinski definition) is 0. The van der Waals surface area contributed by atoms with E-state index in [2.05, 4.69) is 80.9 Å². The van der Waals surface area contributed by atoms with Gasteiger partial charge < -0.3 is 4.57 Å². The number of rotatable bonds is 3. The Bertz CT molecular complexity index is 829. The highest BCUT2D eigenvalue weighted by Gasteiger charge is 2.16. The third-order valence-corrected chi connectivity index (χ3v) is 4.80. The number of halogens is 1. The molecule has 0 aliphatic heterocycles. The molecule has 1 aromatic heterocycles. The van der Waals surface area contributed by atoms with Gasteiger partial charge in [0.15, 0.2) is 0 Å². The van der Waals surface area contributed by atoms with Crippen LogP contribution in [0, 0.1) is 13.8 Å². The van der Waals surface area contributed by atoms with Crippen molar-refractivity contribution >= 4 is 11.6 Å². The van der Waals surface area contributed by atoms with Crippen molar-refractivity contribution in [3.05, 3.63) is 76.6 Å². The van der Waals surface area contributed by atoms with E-state index in [0.29, 0.717) is 5.92 Å². The fraction of sp³-hybridized carbons (Fsp3) is 0.238. The van der Waals surface area contributed by atoms with Crippen LogP contribution in [0.5, 0.6) is 0 Å². The minimum atomic E-state index is 0.449. The van der Waals surface area contributed by atoms with Gasteiger partial charge in [-0.3, -0.25) is 0 Å². The van der Waals surface area contributed by atoms with Crippen molar-refractivity contribution in [1.82, 2.24) is 4.57 Å². The molecule has 118 valence electrons. The van der Waals surface area contributed by atoms with Crippen LogP contribution in [0.25, 0.3) is 16.8 Å². The van der Waals surface area contributed by atoms with Gasteiger partial charge >= 0.3 is 0 Å². The van der Waals surface area contributed by atoms with Gasteiger partial charge in [0.1, 0.15) is 5.15 Å². The Morgan fingerprint density at radius 3 is 2.30 bits per heavy atom. The lowest BCUT2D eigenvalue weighted by atomic mass is 9.99. The summed E-state index contributed by atoms with van der Waals surface area (Å²) in [7, 11) is 0. The monoisotopic (exact) mass is 323 g/mol. The summed E-state index contributed by atoms with van der Waals surface area (Å²) in [5, 5.41) is 0.788. The van der Waals surface area contributed by atoms with Crippen molar-refractivity contribution in [2.45, 2.75) is 33.6 Å². The first-order valence-electron chi connectivity index (χ1n) is 8.03. The average molecular weight is 324 g/mol. The van der Waals surface area contributed by atoms with Crippen LogP contribution < -0.4 is 0 Å². The second-order valence-electron chi connectivity index (χ2n) is 6.41.